The van der Waals surface area contributed by atoms with E-state index in [1.54, 1.807) is 6.07 Å². The fourth-order valence-electron chi connectivity index (χ4n) is 1.62. The average Bonchev–Trinajstić information content (AvgIpc) is 2.29. The molecule has 0 saturated carbocycles. The molecule has 0 radical (unpaired) electrons. The number of benzene rings is 1. The van der Waals surface area contributed by atoms with Crippen molar-refractivity contribution < 1.29 is 9.53 Å². The molecule has 1 heterocycles. The highest BCUT2D eigenvalue weighted by Gasteiger charge is 2.06. The van der Waals surface area contributed by atoms with E-state index in [-0.39, 0.29) is 0 Å². The number of ether oxygens (including phenoxy) is 1. The molecule has 1 aromatic heterocycles. The summed E-state index contributed by atoms with van der Waals surface area (Å²) in [6, 6.07) is 11.5. The van der Waals surface area contributed by atoms with Crippen LogP contribution in [0.4, 0.5) is 4.79 Å². The van der Waals surface area contributed by atoms with Crippen LogP contribution >= 0.6 is 0 Å². The summed E-state index contributed by atoms with van der Waals surface area (Å²) in [6.07, 6.45) is 0.652. The van der Waals surface area contributed by atoms with Gasteiger partial charge in [-0.2, -0.15) is 0 Å². The molecule has 2 N–H and O–H groups in total. The van der Waals surface area contributed by atoms with Crippen molar-refractivity contribution in [2.75, 3.05) is 0 Å². The summed E-state index contributed by atoms with van der Waals surface area (Å²) in [5, 5.41) is 0. The number of amides is 1. The van der Waals surface area contributed by atoms with Gasteiger partial charge in [-0.1, -0.05) is 30.3 Å². The van der Waals surface area contributed by atoms with Crippen molar-refractivity contribution in [2.24, 2.45) is 5.73 Å². The summed E-state index contributed by atoms with van der Waals surface area (Å²) >= 11 is 0. The Hall–Kier alpha value is -2.36. The van der Waals surface area contributed by atoms with E-state index in [1.807, 2.05) is 37.3 Å². The summed E-state index contributed by atoms with van der Waals surface area (Å²) < 4.78 is 4.76. The first kappa shape index (κ1) is 11.1. The summed E-state index contributed by atoms with van der Waals surface area (Å²) in [7, 11) is 0. The zero-order chi connectivity index (χ0) is 12.3. The van der Waals surface area contributed by atoms with E-state index >= 15 is 0 Å². The normalized spacial score (nSPS) is 9.94. The number of nitrogens with zero attached hydrogens (tertiary/aromatic N) is 1. The van der Waals surface area contributed by atoms with Crippen LogP contribution in [0.3, 0.4) is 0 Å². The quantitative estimate of drug-likeness (QED) is 0.858. The first-order chi connectivity index (χ1) is 8.16. The van der Waals surface area contributed by atoms with Gasteiger partial charge in [0, 0.05) is 5.56 Å². The number of aryl methyl sites for hydroxylation is 1. The molecule has 2 rings (SSSR count). The molecule has 0 fully saturated rings. The summed E-state index contributed by atoms with van der Waals surface area (Å²) in [4.78, 5) is 14.9. The number of nitrogens with two attached hydrogens (primary N) is 1. The minimum absolute atomic E-state index is 0.356. The number of carbonyl (C=O) groups excluding carboxylic acids is 1. The van der Waals surface area contributed by atoms with E-state index in [0.29, 0.717) is 5.75 Å². The van der Waals surface area contributed by atoms with Crippen molar-refractivity contribution >= 4 is 6.09 Å². The zero-order valence-corrected chi connectivity index (χ0v) is 9.38. The largest absolute Gasteiger partial charge is 0.410 e. The lowest BCUT2D eigenvalue weighted by Gasteiger charge is -2.07. The molecule has 4 nitrogen and oxygen atoms in total. The third-order valence-electron chi connectivity index (χ3n) is 2.32. The van der Waals surface area contributed by atoms with E-state index in [1.165, 1.54) is 6.20 Å². The Labute approximate surface area is 99.1 Å². The van der Waals surface area contributed by atoms with Gasteiger partial charge >= 0.3 is 6.09 Å². The molecule has 0 unspecified atom stereocenters. The molecular formula is C13H12N2O2. The molecule has 17 heavy (non-hydrogen) atoms. The second-order valence-electron chi connectivity index (χ2n) is 3.62. The first-order valence-electron chi connectivity index (χ1n) is 5.16. The van der Waals surface area contributed by atoms with Crippen molar-refractivity contribution in [3.8, 4) is 17.0 Å². The number of carbonyl (C=O) groups is 1. The monoisotopic (exact) mass is 228 g/mol. The number of pyridine rings is 1. The summed E-state index contributed by atoms with van der Waals surface area (Å²) in [6.45, 7) is 1.91. The Morgan fingerprint density at radius 3 is 2.59 bits per heavy atom. The van der Waals surface area contributed by atoms with E-state index in [4.69, 9.17) is 10.5 Å². The second-order valence-corrected chi connectivity index (χ2v) is 3.62. The van der Waals surface area contributed by atoms with Crippen LogP contribution in [0.5, 0.6) is 5.75 Å². The van der Waals surface area contributed by atoms with Crippen LogP contribution in [0.2, 0.25) is 0 Å². The third kappa shape index (κ3) is 2.60. The molecule has 1 aromatic carbocycles. The molecule has 86 valence electrons. The van der Waals surface area contributed by atoms with Gasteiger partial charge in [0.1, 0.15) is 0 Å². The van der Waals surface area contributed by atoms with Gasteiger partial charge in [0.05, 0.1) is 11.9 Å². The lowest BCUT2D eigenvalue weighted by atomic mass is 10.1. The van der Waals surface area contributed by atoms with Crippen LogP contribution in [0, 0.1) is 6.92 Å². The van der Waals surface area contributed by atoms with Crippen LogP contribution in [-0.4, -0.2) is 11.1 Å². The minimum atomic E-state index is -0.835. The molecule has 0 atom stereocenters. The number of hydrogen-bond acceptors (Lipinski definition) is 3. The van der Waals surface area contributed by atoms with Crippen LogP contribution < -0.4 is 10.5 Å². The Kier molecular flexibility index (Phi) is 3.05. The van der Waals surface area contributed by atoms with E-state index < -0.39 is 6.09 Å². The Morgan fingerprint density at radius 2 is 2.00 bits per heavy atom. The van der Waals surface area contributed by atoms with Crippen molar-refractivity contribution in [3.63, 3.8) is 0 Å². The molecule has 0 aliphatic carbocycles. The first-order valence-corrected chi connectivity index (χ1v) is 5.16. The highest BCUT2D eigenvalue weighted by Crippen LogP contribution is 2.23. The summed E-state index contributed by atoms with van der Waals surface area (Å²) in [5.74, 6) is 0.356. The molecule has 0 saturated heterocycles. The maximum Gasteiger partial charge on any atom is 0.410 e. The highest BCUT2D eigenvalue weighted by molar-refractivity contribution is 5.69. The maximum atomic E-state index is 10.6. The van der Waals surface area contributed by atoms with Gasteiger partial charge in [-0.25, -0.2) is 4.79 Å². The van der Waals surface area contributed by atoms with Gasteiger partial charge in [0.15, 0.2) is 5.75 Å². The number of aromatic nitrogens is 1. The molecule has 0 spiro atoms. The SMILES string of the molecule is Cc1cc(OC(N)=O)cnc1-c1ccccc1. The highest BCUT2D eigenvalue weighted by atomic mass is 16.5. The number of rotatable bonds is 2. The lowest BCUT2D eigenvalue weighted by Crippen LogP contribution is -2.16. The maximum absolute atomic E-state index is 10.6. The minimum Gasteiger partial charge on any atom is -0.409 e. The van der Waals surface area contributed by atoms with Gasteiger partial charge in [0.2, 0.25) is 0 Å². The molecule has 0 bridgehead atoms. The smallest absolute Gasteiger partial charge is 0.409 e. The Morgan fingerprint density at radius 1 is 1.29 bits per heavy atom. The van der Waals surface area contributed by atoms with Gasteiger partial charge in [-0.15, -0.1) is 0 Å². The van der Waals surface area contributed by atoms with Gasteiger partial charge in [-0.05, 0) is 18.6 Å². The van der Waals surface area contributed by atoms with Crippen LogP contribution in [0.1, 0.15) is 5.56 Å². The molecule has 0 aliphatic heterocycles. The zero-order valence-electron chi connectivity index (χ0n) is 9.38. The van der Waals surface area contributed by atoms with Gasteiger partial charge in [0.25, 0.3) is 0 Å². The summed E-state index contributed by atoms with van der Waals surface area (Å²) in [5.41, 5.74) is 7.75. The topological polar surface area (TPSA) is 65.2 Å². The van der Waals surface area contributed by atoms with Crippen molar-refractivity contribution in [1.29, 1.82) is 0 Å². The molecule has 2 aromatic rings. The Bertz CT molecular complexity index is 538. The van der Waals surface area contributed by atoms with Crippen LogP contribution in [-0.2, 0) is 0 Å². The van der Waals surface area contributed by atoms with Crippen LogP contribution in [0.15, 0.2) is 42.6 Å². The van der Waals surface area contributed by atoms with E-state index in [0.717, 1.165) is 16.8 Å². The Balaban J connectivity index is 2.35. The fourth-order valence-corrected chi connectivity index (χ4v) is 1.62. The predicted molar refractivity (Wildman–Crippen MR) is 64.6 cm³/mol. The molecule has 4 heteroatoms. The lowest BCUT2D eigenvalue weighted by molar-refractivity contribution is 0.210. The van der Waals surface area contributed by atoms with E-state index in [9.17, 15) is 4.79 Å². The molecular weight excluding hydrogens is 216 g/mol. The van der Waals surface area contributed by atoms with Gasteiger partial charge in [-0.3, -0.25) is 4.98 Å². The second kappa shape index (κ2) is 4.65. The standard InChI is InChI=1S/C13H12N2O2/c1-9-7-11(17-13(14)16)8-15-12(9)10-5-3-2-4-6-10/h2-8H,1H3,(H2,14,16). The van der Waals surface area contributed by atoms with Crippen molar-refractivity contribution in [2.45, 2.75) is 6.92 Å². The fraction of sp³-hybridized carbons (Fsp3) is 0.0769. The van der Waals surface area contributed by atoms with Gasteiger partial charge < -0.3 is 10.5 Å². The van der Waals surface area contributed by atoms with Crippen molar-refractivity contribution in [3.05, 3.63) is 48.2 Å². The number of primary amides is 1. The van der Waals surface area contributed by atoms with Crippen LogP contribution in [0.25, 0.3) is 11.3 Å². The molecule has 0 aliphatic rings. The van der Waals surface area contributed by atoms with Crippen molar-refractivity contribution in [1.82, 2.24) is 4.98 Å². The van der Waals surface area contributed by atoms with E-state index in [2.05, 4.69) is 4.98 Å². The average molecular weight is 228 g/mol. The third-order valence-corrected chi connectivity index (χ3v) is 2.32. The number of hydrogen-bond donors (Lipinski definition) is 1. The predicted octanol–water partition coefficient (Wildman–Crippen LogP) is 2.51. The molecule has 1 amide bonds.